The second-order valence-electron chi connectivity index (χ2n) is 4.34. The number of ether oxygens (including phenoxy) is 1. The van der Waals surface area contributed by atoms with E-state index in [1.165, 1.54) is 0 Å². The van der Waals surface area contributed by atoms with E-state index in [1.54, 1.807) is 0 Å². The predicted octanol–water partition coefficient (Wildman–Crippen LogP) is 1.14. The fourth-order valence-corrected chi connectivity index (χ4v) is 3.84. The topological polar surface area (TPSA) is 38.3 Å². The van der Waals surface area contributed by atoms with Crippen LogP contribution in [0.15, 0.2) is 0 Å². The first-order chi connectivity index (χ1) is 5.97. The van der Waals surface area contributed by atoms with E-state index >= 15 is 0 Å². The van der Waals surface area contributed by atoms with Gasteiger partial charge in [-0.1, -0.05) is 0 Å². The zero-order valence-corrected chi connectivity index (χ0v) is 10.6. The second kappa shape index (κ2) is 4.47. The maximum atomic E-state index is 11.4. The number of rotatable bonds is 2. The molecule has 1 saturated heterocycles. The summed E-state index contributed by atoms with van der Waals surface area (Å²) in [4.78, 5) is 11.4. The van der Waals surface area contributed by atoms with Crippen molar-refractivity contribution < 1.29 is 9.53 Å². The average molecular weight is 247 g/mol. The molecular formula is C9H18AsNO2. The van der Waals surface area contributed by atoms with Gasteiger partial charge >= 0.3 is 85.9 Å². The van der Waals surface area contributed by atoms with Gasteiger partial charge in [-0.3, -0.25) is 0 Å². The van der Waals surface area contributed by atoms with E-state index in [0.717, 1.165) is 19.5 Å². The van der Waals surface area contributed by atoms with Crippen molar-refractivity contribution in [2.24, 2.45) is 0 Å². The Morgan fingerprint density at radius 3 is 2.69 bits per heavy atom. The van der Waals surface area contributed by atoms with Crippen LogP contribution in [0, 0.1) is 0 Å². The van der Waals surface area contributed by atoms with Crippen LogP contribution in [0.5, 0.6) is 0 Å². The van der Waals surface area contributed by atoms with Crippen molar-refractivity contribution in [3.8, 4) is 0 Å². The summed E-state index contributed by atoms with van der Waals surface area (Å²) in [5.41, 5.74) is -0.313. The summed E-state index contributed by atoms with van der Waals surface area (Å²) in [6, 6.07) is 0. The Hall–Kier alpha value is -0.0116. The van der Waals surface area contributed by atoms with Crippen LogP contribution in [0.2, 0.25) is 4.71 Å². The van der Waals surface area contributed by atoms with Gasteiger partial charge in [0.1, 0.15) is 0 Å². The minimum atomic E-state index is -0.566. The van der Waals surface area contributed by atoms with Crippen LogP contribution in [-0.4, -0.2) is 39.2 Å². The van der Waals surface area contributed by atoms with Crippen molar-refractivity contribution in [2.75, 3.05) is 13.1 Å². The van der Waals surface area contributed by atoms with Crippen LogP contribution < -0.4 is 5.32 Å². The molecule has 0 bridgehead atoms. The van der Waals surface area contributed by atoms with E-state index in [9.17, 15) is 4.79 Å². The van der Waals surface area contributed by atoms with E-state index in [2.05, 4.69) is 5.32 Å². The molecule has 0 aliphatic carbocycles. The van der Waals surface area contributed by atoms with E-state index in [0.29, 0.717) is 4.71 Å². The standard InChI is InChI=1S/C9H18AsNO2/c1-9(2,3)13-8(12)10-7-4-5-11-6-7/h7,10-11H,4-6H2,1-3H3. The molecule has 0 aromatic rings. The average Bonchev–Trinajstić information content (AvgIpc) is 2.34. The van der Waals surface area contributed by atoms with Crippen LogP contribution >= 0.6 is 0 Å². The van der Waals surface area contributed by atoms with Crippen molar-refractivity contribution in [3.63, 3.8) is 0 Å². The molecule has 13 heavy (non-hydrogen) atoms. The number of nitrogens with one attached hydrogen (secondary N) is 1. The molecule has 1 N–H and O–H groups in total. The van der Waals surface area contributed by atoms with Gasteiger partial charge in [0, 0.05) is 0 Å². The number of hydrogen-bond acceptors (Lipinski definition) is 3. The first kappa shape index (κ1) is 11.1. The molecule has 0 spiro atoms. The van der Waals surface area contributed by atoms with E-state index < -0.39 is 15.8 Å². The van der Waals surface area contributed by atoms with Crippen LogP contribution in [-0.2, 0) is 4.74 Å². The Morgan fingerprint density at radius 2 is 2.23 bits per heavy atom. The molecule has 1 aliphatic rings. The van der Waals surface area contributed by atoms with Crippen molar-refractivity contribution in [1.29, 1.82) is 0 Å². The minimum absolute atomic E-state index is 0.0567. The van der Waals surface area contributed by atoms with Crippen LogP contribution in [0.25, 0.3) is 0 Å². The number of hydrogen-bond donors (Lipinski definition) is 1. The quantitative estimate of drug-likeness (QED) is 0.744. The summed E-state index contributed by atoms with van der Waals surface area (Å²) in [5.74, 6) is 0. The zero-order valence-electron chi connectivity index (χ0n) is 8.52. The normalized spacial score (nSPS) is 24.1. The zero-order chi connectivity index (χ0) is 9.90. The molecule has 0 saturated carbocycles. The van der Waals surface area contributed by atoms with Crippen LogP contribution in [0.4, 0.5) is 4.79 Å². The van der Waals surface area contributed by atoms with Gasteiger partial charge in [-0.05, 0) is 0 Å². The van der Waals surface area contributed by atoms with Gasteiger partial charge in [0.25, 0.3) is 0 Å². The molecule has 1 fully saturated rings. The SMILES string of the molecule is CC(C)(C)OC(=O)[AsH]C1CCNC1. The van der Waals surface area contributed by atoms with Gasteiger partial charge in [-0.15, -0.1) is 0 Å². The first-order valence-corrected chi connectivity index (χ1v) is 6.94. The fraction of sp³-hybridized carbons (Fsp3) is 0.889. The third kappa shape index (κ3) is 4.68. The molecule has 0 amide bonds. The summed E-state index contributed by atoms with van der Waals surface area (Å²) in [6.45, 7) is 7.84. The maximum absolute atomic E-state index is 11.4. The monoisotopic (exact) mass is 247 g/mol. The van der Waals surface area contributed by atoms with Crippen molar-refractivity contribution in [2.45, 2.75) is 37.5 Å². The first-order valence-electron chi connectivity index (χ1n) is 4.67. The Bertz CT molecular complexity index is 183. The Kier molecular flexibility index (Phi) is 3.81. The van der Waals surface area contributed by atoms with Gasteiger partial charge in [-0.25, -0.2) is 0 Å². The predicted molar refractivity (Wildman–Crippen MR) is 54.6 cm³/mol. The van der Waals surface area contributed by atoms with Gasteiger partial charge in [-0.2, -0.15) is 0 Å². The molecule has 3 nitrogen and oxygen atoms in total. The molecule has 0 aromatic carbocycles. The second-order valence-corrected chi connectivity index (χ2v) is 7.51. The summed E-state index contributed by atoms with van der Waals surface area (Å²) >= 11 is -0.566. The molecule has 0 radical (unpaired) electrons. The van der Waals surface area contributed by atoms with Crippen LogP contribution in [0.3, 0.4) is 0 Å². The molecule has 2 atom stereocenters. The van der Waals surface area contributed by atoms with Gasteiger partial charge in [0.2, 0.25) is 0 Å². The molecule has 1 rings (SSSR count). The Labute approximate surface area is 86.3 Å². The molecule has 2 unspecified atom stereocenters. The fourth-order valence-electron chi connectivity index (χ4n) is 1.25. The van der Waals surface area contributed by atoms with Gasteiger partial charge in [0.05, 0.1) is 0 Å². The Balaban J connectivity index is 2.24. The number of carbonyl (C=O) groups is 1. The Morgan fingerprint density at radius 1 is 1.54 bits per heavy atom. The third-order valence-corrected chi connectivity index (χ3v) is 4.38. The van der Waals surface area contributed by atoms with Gasteiger partial charge in [0.15, 0.2) is 0 Å². The summed E-state index contributed by atoms with van der Waals surface area (Å²) in [7, 11) is 0. The summed E-state index contributed by atoms with van der Waals surface area (Å²) in [5, 5.41) is 3.26. The number of carbonyl (C=O) groups excluding carboxylic acids is 1. The van der Waals surface area contributed by atoms with Crippen LogP contribution in [0.1, 0.15) is 27.2 Å². The molecule has 76 valence electrons. The van der Waals surface area contributed by atoms with Crippen molar-refractivity contribution in [1.82, 2.24) is 5.32 Å². The summed E-state index contributed by atoms with van der Waals surface area (Å²) < 4.78 is 5.95. The van der Waals surface area contributed by atoms with E-state index in [-0.39, 0.29) is 10.4 Å². The molecule has 1 aliphatic heterocycles. The van der Waals surface area contributed by atoms with E-state index in [1.807, 2.05) is 20.8 Å². The van der Waals surface area contributed by atoms with Crippen molar-refractivity contribution in [3.05, 3.63) is 0 Å². The molecular weight excluding hydrogens is 229 g/mol. The van der Waals surface area contributed by atoms with Crippen molar-refractivity contribution >= 4 is 20.5 Å². The van der Waals surface area contributed by atoms with E-state index in [4.69, 9.17) is 4.74 Å². The molecule has 0 aromatic heterocycles. The molecule has 4 heteroatoms. The van der Waals surface area contributed by atoms with Gasteiger partial charge < -0.3 is 0 Å². The molecule has 1 heterocycles. The summed E-state index contributed by atoms with van der Waals surface area (Å²) in [6.07, 6.45) is 1.15. The third-order valence-electron chi connectivity index (χ3n) is 1.78.